The van der Waals surface area contributed by atoms with Crippen LogP contribution in [0.4, 0.5) is 0 Å². The first-order valence-corrected chi connectivity index (χ1v) is 12.9. The van der Waals surface area contributed by atoms with E-state index < -0.39 is 15.1 Å². The van der Waals surface area contributed by atoms with Gasteiger partial charge in [0.05, 0.1) is 18.5 Å². The van der Waals surface area contributed by atoms with Crippen LogP contribution < -0.4 is 4.74 Å². The summed E-state index contributed by atoms with van der Waals surface area (Å²) in [6, 6.07) is 16.7. The van der Waals surface area contributed by atoms with Gasteiger partial charge in [-0.1, -0.05) is 55.3 Å². The number of hydrogen-bond acceptors (Lipinski definition) is 5. The molecule has 2 aliphatic rings. The highest BCUT2D eigenvalue weighted by Gasteiger charge is 2.46. The molecule has 170 valence electrons. The topological polar surface area (TPSA) is 72.8 Å². The van der Waals surface area contributed by atoms with Crippen molar-refractivity contribution in [2.24, 2.45) is 0 Å². The third-order valence-electron chi connectivity index (χ3n) is 6.08. The van der Waals surface area contributed by atoms with Crippen molar-refractivity contribution < 1.29 is 23.0 Å². The van der Waals surface area contributed by atoms with Crippen LogP contribution in [0.5, 0.6) is 11.5 Å². The monoisotopic (exact) mass is 454 g/mol. The molecule has 2 atom stereocenters. The standard InChI is InChI=1S/C26H30O5S/c1-2-6-19(15-20-9-12-22(27)13-10-20)11-14-24-26-21(16-30-23-7-4-3-5-8-23)18-32(28,29)25(26)17-31-24/h3-5,7-10,12-13,15,24-25,27H,2,6,11,14,16-18H2,1H3/b19-15+/t24-,25+/m1/s1. The predicted molar refractivity (Wildman–Crippen MR) is 127 cm³/mol. The van der Waals surface area contributed by atoms with E-state index in [9.17, 15) is 13.5 Å². The van der Waals surface area contributed by atoms with Crippen molar-refractivity contribution in [1.29, 1.82) is 0 Å². The Hall–Kier alpha value is -2.57. The average Bonchev–Trinajstić information content (AvgIpc) is 3.32. The van der Waals surface area contributed by atoms with E-state index in [4.69, 9.17) is 9.47 Å². The average molecular weight is 455 g/mol. The van der Waals surface area contributed by atoms with Gasteiger partial charge in [0.25, 0.3) is 0 Å². The fourth-order valence-electron chi connectivity index (χ4n) is 4.53. The van der Waals surface area contributed by atoms with E-state index in [1.165, 1.54) is 5.57 Å². The lowest BCUT2D eigenvalue weighted by molar-refractivity contribution is 0.117. The van der Waals surface area contributed by atoms with Gasteiger partial charge in [0, 0.05) is 0 Å². The number of phenolic OH excluding ortho intramolecular Hbond substituents is 1. The molecule has 1 N–H and O–H groups in total. The Morgan fingerprint density at radius 1 is 1.12 bits per heavy atom. The molecule has 5 nitrogen and oxygen atoms in total. The fraction of sp³-hybridized carbons (Fsp3) is 0.385. The summed E-state index contributed by atoms with van der Waals surface area (Å²) in [6.45, 7) is 2.67. The largest absolute Gasteiger partial charge is 0.508 e. The van der Waals surface area contributed by atoms with Crippen molar-refractivity contribution in [1.82, 2.24) is 0 Å². The Bertz CT molecular complexity index is 1080. The second-order valence-corrected chi connectivity index (χ2v) is 10.6. The van der Waals surface area contributed by atoms with E-state index in [-0.39, 0.29) is 30.8 Å². The Morgan fingerprint density at radius 2 is 1.88 bits per heavy atom. The van der Waals surface area contributed by atoms with Crippen molar-refractivity contribution in [3.05, 3.63) is 76.9 Å². The minimum absolute atomic E-state index is 0.0604. The van der Waals surface area contributed by atoms with Gasteiger partial charge in [-0.2, -0.15) is 0 Å². The van der Waals surface area contributed by atoms with Crippen LogP contribution in [0.25, 0.3) is 6.08 Å². The molecule has 6 heteroatoms. The first-order chi connectivity index (χ1) is 15.5. The maximum Gasteiger partial charge on any atom is 0.163 e. The molecule has 0 aliphatic carbocycles. The predicted octanol–water partition coefficient (Wildman–Crippen LogP) is 4.93. The molecule has 2 aromatic rings. The van der Waals surface area contributed by atoms with Crippen molar-refractivity contribution in [3.63, 3.8) is 0 Å². The summed E-state index contributed by atoms with van der Waals surface area (Å²) in [7, 11) is -3.23. The summed E-state index contributed by atoms with van der Waals surface area (Å²) in [5.41, 5.74) is 4.12. The van der Waals surface area contributed by atoms with Gasteiger partial charge in [-0.3, -0.25) is 0 Å². The highest BCUT2D eigenvalue weighted by molar-refractivity contribution is 7.92. The summed E-state index contributed by atoms with van der Waals surface area (Å²) < 4.78 is 37.3. The van der Waals surface area contributed by atoms with E-state index in [0.717, 1.165) is 48.1 Å². The van der Waals surface area contributed by atoms with Gasteiger partial charge in [-0.25, -0.2) is 8.42 Å². The molecule has 0 aromatic heterocycles. The highest BCUT2D eigenvalue weighted by atomic mass is 32.2. The van der Waals surface area contributed by atoms with E-state index in [2.05, 4.69) is 13.0 Å². The minimum Gasteiger partial charge on any atom is -0.508 e. The zero-order valence-corrected chi connectivity index (χ0v) is 19.2. The van der Waals surface area contributed by atoms with Crippen LogP contribution in [0.1, 0.15) is 38.2 Å². The molecule has 0 spiro atoms. The summed E-state index contributed by atoms with van der Waals surface area (Å²) >= 11 is 0. The summed E-state index contributed by atoms with van der Waals surface area (Å²) in [5.74, 6) is 1.05. The van der Waals surface area contributed by atoms with Crippen LogP contribution in [0.15, 0.2) is 71.3 Å². The molecule has 2 aromatic carbocycles. The van der Waals surface area contributed by atoms with Crippen molar-refractivity contribution in [2.45, 2.75) is 44.0 Å². The number of sulfone groups is 1. The lowest BCUT2D eigenvalue weighted by Crippen LogP contribution is -2.19. The Morgan fingerprint density at radius 3 is 2.59 bits per heavy atom. The quantitative estimate of drug-likeness (QED) is 0.544. The lowest BCUT2D eigenvalue weighted by Gasteiger charge is -2.16. The van der Waals surface area contributed by atoms with Gasteiger partial charge in [-0.05, 0) is 60.2 Å². The second kappa shape index (κ2) is 9.92. The first-order valence-electron chi connectivity index (χ1n) is 11.2. The molecular formula is C26H30O5S. The van der Waals surface area contributed by atoms with E-state index in [1.807, 2.05) is 42.5 Å². The minimum atomic E-state index is -3.23. The smallest absolute Gasteiger partial charge is 0.163 e. The molecule has 1 fully saturated rings. The number of ether oxygens (including phenoxy) is 2. The number of benzene rings is 2. The Balaban J connectivity index is 1.48. The Labute approximate surface area is 190 Å². The number of fused-ring (bicyclic) bond motifs is 1. The highest BCUT2D eigenvalue weighted by Crippen LogP contribution is 2.39. The molecule has 0 unspecified atom stereocenters. The molecule has 2 aliphatic heterocycles. The van der Waals surface area contributed by atoms with Gasteiger partial charge in [-0.15, -0.1) is 0 Å². The summed E-state index contributed by atoms with van der Waals surface area (Å²) in [6.07, 6.45) is 5.56. The first kappa shape index (κ1) is 22.6. The van der Waals surface area contributed by atoms with Gasteiger partial charge in [0.2, 0.25) is 0 Å². The van der Waals surface area contributed by atoms with E-state index in [1.54, 1.807) is 12.1 Å². The van der Waals surface area contributed by atoms with Crippen molar-refractivity contribution >= 4 is 15.9 Å². The number of hydrogen-bond donors (Lipinski definition) is 1. The number of phenols is 1. The molecule has 0 amide bonds. The van der Waals surface area contributed by atoms with Crippen LogP contribution in [-0.2, 0) is 14.6 Å². The van der Waals surface area contributed by atoms with E-state index >= 15 is 0 Å². The van der Waals surface area contributed by atoms with Crippen LogP contribution in [0.2, 0.25) is 0 Å². The maximum absolute atomic E-state index is 12.7. The van der Waals surface area contributed by atoms with Gasteiger partial charge < -0.3 is 14.6 Å². The maximum atomic E-state index is 12.7. The molecule has 32 heavy (non-hydrogen) atoms. The number of rotatable bonds is 9. The molecule has 1 saturated heterocycles. The zero-order valence-electron chi connectivity index (χ0n) is 18.4. The van der Waals surface area contributed by atoms with Crippen molar-refractivity contribution in [3.8, 4) is 11.5 Å². The second-order valence-electron chi connectivity index (χ2n) is 8.46. The zero-order chi connectivity index (χ0) is 22.6. The van der Waals surface area contributed by atoms with Gasteiger partial charge in [0.1, 0.15) is 23.4 Å². The number of aromatic hydroxyl groups is 1. The third-order valence-corrected chi connectivity index (χ3v) is 8.09. The molecule has 4 rings (SSSR count). The number of allylic oxidation sites excluding steroid dienone is 1. The SMILES string of the molecule is CCC/C(=C\c1ccc(O)cc1)CC[C@H]1OC[C@H]2C1=C(COc1ccccc1)CS2(=O)=O. The number of para-hydroxylation sites is 1. The fourth-order valence-corrected chi connectivity index (χ4v) is 6.46. The summed E-state index contributed by atoms with van der Waals surface area (Å²) in [4.78, 5) is 0. The molecule has 2 heterocycles. The van der Waals surface area contributed by atoms with Gasteiger partial charge in [0.15, 0.2) is 9.84 Å². The molecule has 0 bridgehead atoms. The van der Waals surface area contributed by atoms with Crippen LogP contribution in [-0.4, -0.2) is 43.8 Å². The van der Waals surface area contributed by atoms with Crippen LogP contribution in [0, 0.1) is 0 Å². The molecule has 0 saturated carbocycles. The van der Waals surface area contributed by atoms with Crippen molar-refractivity contribution in [2.75, 3.05) is 19.0 Å². The van der Waals surface area contributed by atoms with E-state index in [0.29, 0.717) is 0 Å². The van der Waals surface area contributed by atoms with Gasteiger partial charge >= 0.3 is 0 Å². The van der Waals surface area contributed by atoms with Crippen LogP contribution >= 0.6 is 0 Å². The normalized spacial score (nSPS) is 22.2. The Kier molecular flexibility index (Phi) is 7.01. The lowest BCUT2D eigenvalue weighted by atomic mass is 9.95. The summed E-state index contributed by atoms with van der Waals surface area (Å²) in [5, 5.41) is 8.98. The van der Waals surface area contributed by atoms with Crippen LogP contribution in [0.3, 0.4) is 0 Å². The molecule has 0 radical (unpaired) electrons. The third kappa shape index (κ3) is 5.25. The molecular weight excluding hydrogens is 424 g/mol.